The molecule has 1 aliphatic rings. The second-order valence-electron chi connectivity index (χ2n) is 8.03. The maximum Gasteiger partial charge on any atom is 0.0704 e. The summed E-state index contributed by atoms with van der Waals surface area (Å²) in [6.07, 6.45) is 4.01. The largest absolute Gasteiger partial charge is 0.382 e. The van der Waals surface area contributed by atoms with E-state index < -0.39 is 0 Å². The predicted octanol–water partition coefficient (Wildman–Crippen LogP) is 4.53. The standard InChI is InChI=1S/C26H36N2O3/c1-29-18-19-31-17-15-25(23-12-7-4-8-13-23)26(20-22-10-5-3-6-11-22)27-28-16-9-14-24(28)21-30-2/h3-8,10-13,24-25H,9,14-21H2,1-2H3/b27-26-/t24-,25+/m0/s1. The molecule has 1 heterocycles. The van der Waals surface area contributed by atoms with Crippen LogP contribution in [0, 0.1) is 0 Å². The van der Waals surface area contributed by atoms with Gasteiger partial charge in [0, 0.05) is 45.4 Å². The predicted molar refractivity (Wildman–Crippen MR) is 126 cm³/mol. The SMILES string of the molecule is COCCOCC[C@@H](/C(Cc1ccccc1)=N\N1CCC[C@H]1COC)c1ccccc1. The van der Waals surface area contributed by atoms with Crippen molar-refractivity contribution in [2.45, 2.75) is 37.6 Å². The molecule has 1 fully saturated rings. The third-order valence-electron chi connectivity index (χ3n) is 5.78. The molecular formula is C26H36N2O3. The lowest BCUT2D eigenvalue weighted by Crippen LogP contribution is -2.31. The van der Waals surface area contributed by atoms with Crippen LogP contribution in [0.3, 0.4) is 0 Å². The van der Waals surface area contributed by atoms with Gasteiger partial charge >= 0.3 is 0 Å². The van der Waals surface area contributed by atoms with Crippen molar-refractivity contribution in [3.05, 3.63) is 71.8 Å². The Kier molecular flexibility index (Phi) is 10.0. The Morgan fingerprint density at radius 1 is 0.968 bits per heavy atom. The number of hydrogen-bond donors (Lipinski definition) is 0. The van der Waals surface area contributed by atoms with Crippen molar-refractivity contribution in [3.63, 3.8) is 0 Å². The van der Waals surface area contributed by atoms with Gasteiger partial charge in [0.15, 0.2) is 0 Å². The van der Waals surface area contributed by atoms with Gasteiger partial charge in [0.2, 0.25) is 0 Å². The first-order valence-corrected chi connectivity index (χ1v) is 11.3. The molecule has 0 aliphatic carbocycles. The molecular weight excluding hydrogens is 388 g/mol. The maximum atomic E-state index is 5.84. The minimum atomic E-state index is 0.202. The van der Waals surface area contributed by atoms with E-state index in [1.807, 2.05) is 0 Å². The number of ether oxygens (including phenoxy) is 3. The molecule has 0 spiro atoms. The Bertz CT molecular complexity index is 767. The zero-order valence-corrected chi connectivity index (χ0v) is 18.9. The number of benzene rings is 2. The van der Waals surface area contributed by atoms with Gasteiger partial charge in [-0.15, -0.1) is 0 Å². The van der Waals surface area contributed by atoms with Gasteiger partial charge in [-0.3, -0.25) is 5.01 Å². The van der Waals surface area contributed by atoms with E-state index in [0.717, 1.165) is 38.8 Å². The molecule has 5 heteroatoms. The van der Waals surface area contributed by atoms with Crippen LogP contribution in [-0.2, 0) is 20.6 Å². The quantitative estimate of drug-likeness (QED) is 0.350. The first-order chi connectivity index (χ1) is 15.3. The summed E-state index contributed by atoms with van der Waals surface area (Å²) in [5.41, 5.74) is 3.76. The van der Waals surface area contributed by atoms with Crippen LogP contribution in [0.4, 0.5) is 0 Å². The van der Waals surface area contributed by atoms with Gasteiger partial charge in [-0.1, -0.05) is 60.7 Å². The summed E-state index contributed by atoms with van der Waals surface area (Å²) in [5, 5.41) is 7.51. The molecule has 168 valence electrons. The van der Waals surface area contributed by atoms with Crippen LogP contribution in [0.25, 0.3) is 0 Å². The normalized spacial score (nSPS) is 17.8. The Hall–Kier alpha value is -2.21. The molecule has 31 heavy (non-hydrogen) atoms. The lowest BCUT2D eigenvalue weighted by Gasteiger charge is -2.26. The average molecular weight is 425 g/mol. The molecule has 0 aromatic heterocycles. The van der Waals surface area contributed by atoms with E-state index in [1.54, 1.807) is 14.2 Å². The zero-order valence-electron chi connectivity index (χ0n) is 18.9. The van der Waals surface area contributed by atoms with Crippen LogP contribution in [0.1, 0.15) is 36.3 Å². The average Bonchev–Trinajstić information content (AvgIpc) is 3.24. The number of hydrazone groups is 1. The van der Waals surface area contributed by atoms with Crippen LogP contribution in [-0.4, -0.2) is 64.0 Å². The molecule has 5 nitrogen and oxygen atoms in total. The van der Waals surface area contributed by atoms with Crippen LogP contribution >= 0.6 is 0 Å². The minimum absolute atomic E-state index is 0.202. The molecule has 0 bridgehead atoms. The lowest BCUT2D eigenvalue weighted by atomic mass is 9.88. The third kappa shape index (κ3) is 7.46. The summed E-state index contributed by atoms with van der Waals surface area (Å²) >= 11 is 0. The fourth-order valence-electron chi connectivity index (χ4n) is 4.17. The van der Waals surface area contributed by atoms with Crippen molar-refractivity contribution in [1.82, 2.24) is 5.01 Å². The van der Waals surface area contributed by atoms with Gasteiger partial charge < -0.3 is 14.2 Å². The van der Waals surface area contributed by atoms with Crippen LogP contribution in [0.15, 0.2) is 65.8 Å². The van der Waals surface area contributed by atoms with Crippen LogP contribution in [0.2, 0.25) is 0 Å². The highest BCUT2D eigenvalue weighted by Crippen LogP contribution is 2.26. The first kappa shape index (κ1) is 23.5. The molecule has 0 radical (unpaired) electrons. The number of rotatable bonds is 13. The molecule has 0 saturated carbocycles. The monoisotopic (exact) mass is 424 g/mol. The van der Waals surface area contributed by atoms with E-state index in [0.29, 0.717) is 25.9 Å². The van der Waals surface area contributed by atoms with Gasteiger partial charge in [-0.05, 0) is 30.4 Å². The molecule has 2 aromatic rings. The van der Waals surface area contributed by atoms with Gasteiger partial charge in [0.05, 0.1) is 25.9 Å². The summed E-state index contributed by atoms with van der Waals surface area (Å²) in [6, 6.07) is 21.7. The fourth-order valence-corrected chi connectivity index (χ4v) is 4.17. The number of hydrogen-bond acceptors (Lipinski definition) is 5. The summed E-state index contributed by atoms with van der Waals surface area (Å²) < 4.78 is 16.4. The van der Waals surface area contributed by atoms with E-state index in [9.17, 15) is 0 Å². The van der Waals surface area contributed by atoms with Crippen molar-refractivity contribution < 1.29 is 14.2 Å². The van der Waals surface area contributed by atoms with Crippen molar-refractivity contribution >= 4 is 5.71 Å². The van der Waals surface area contributed by atoms with E-state index in [2.05, 4.69) is 65.7 Å². The van der Waals surface area contributed by atoms with E-state index >= 15 is 0 Å². The van der Waals surface area contributed by atoms with Crippen molar-refractivity contribution in [2.24, 2.45) is 5.10 Å². The van der Waals surface area contributed by atoms with E-state index in [1.165, 1.54) is 16.8 Å². The molecule has 2 aromatic carbocycles. The molecule has 0 amide bonds. The molecule has 1 aliphatic heterocycles. The maximum absolute atomic E-state index is 5.84. The topological polar surface area (TPSA) is 43.3 Å². The molecule has 2 atom stereocenters. The van der Waals surface area contributed by atoms with Crippen LogP contribution < -0.4 is 0 Å². The summed E-state index contributed by atoms with van der Waals surface area (Å²) in [5.74, 6) is 0.202. The van der Waals surface area contributed by atoms with Gasteiger partial charge in [0.25, 0.3) is 0 Å². The fraction of sp³-hybridized carbons (Fsp3) is 0.500. The Morgan fingerprint density at radius 2 is 1.71 bits per heavy atom. The second kappa shape index (κ2) is 13.3. The number of nitrogens with zero attached hydrogens (tertiary/aromatic N) is 2. The van der Waals surface area contributed by atoms with Gasteiger partial charge in [-0.2, -0.15) is 5.10 Å². The Morgan fingerprint density at radius 3 is 2.42 bits per heavy atom. The van der Waals surface area contributed by atoms with Crippen molar-refractivity contribution in [3.8, 4) is 0 Å². The number of methoxy groups -OCH3 is 2. The Balaban J connectivity index is 1.87. The van der Waals surface area contributed by atoms with E-state index in [4.69, 9.17) is 19.3 Å². The van der Waals surface area contributed by atoms with E-state index in [-0.39, 0.29) is 5.92 Å². The minimum Gasteiger partial charge on any atom is -0.382 e. The molecule has 1 saturated heterocycles. The van der Waals surface area contributed by atoms with Crippen molar-refractivity contribution in [1.29, 1.82) is 0 Å². The first-order valence-electron chi connectivity index (χ1n) is 11.3. The highest BCUT2D eigenvalue weighted by atomic mass is 16.5. The summed E-state index contributed by atoms with van der Waals surface area (Å²) in [6.45, 7) is 3.62. The summed E-state index contributed by atoms with van der Waals surface area (Å²) in [7, 11) is 3.47. The van der Waals surface area contributed by atoms with Crippen molar-refractivity contribution in [2.75, 3.05) is 47.2 Å². The molecule has 0 unspecified atom stereocenters. The zero-order chi connectivity index (χ0) is 21.7. The molecule has 0 N–H and O–H groups in total. The highest BCUT2D eigenvalue weighted by Gasteiger charge is 2.26. The smallest absolute Gasteiger partial charge is 0.0704 e. The molecule has 3 rings (SSSR count). The van der Waals surface area contributed by atoms with Gasteiger partial charge in [-0.25, -0.2) is 0 Å². The summed E-state index contributed by atoms with van der Waals surface area (Å²) in [4.78, 5) is 0. The van der Waals surface area contributed by atoms with Crippen LogP contribution in [0.5, 0.6) is 0 Å². The lowest BCUT2D eigenvalue weighted by molar-refractivity contribution is 0.0686. The van der Waals surface area contributed by atoms with Gasteiger partial charge in [0.1, 0.15) is 0 Å². The highest BCUT2D eigenvalue weighted by molar-refractivity contribution is 5.92. The Labute approximate surface area is 187 Å². The second-order valence-corrected chi connectivity index (χ2v) is 8.03. The third-order valence-corrected chi connectivity index (χ3v) is 5.78.